The minimum absolute atomic E-state index is 0.00936. The van der Waals surface area contributed by atoms with Gasteiger partial charge < -0.3 is 18.9 Å². The number of benzene rings is 1. The van der Waals surface area contributed by atoms with E-state index in [4.69, 9.17) is 18.9 Å². The quantitative estimate of drug-likeness (QED) is 0.749. The van der Waals surface area contributed by atoms with Gasteiger partial charge in [-0.25, -0.2) is 0 Å². The zero-order valence-electron chi connectivity index (χ0n) is 13.3. The Morgan fingerprint density at radius 2 is 1.91 bits per heavy atom. The number of fused-ring (bicyclic) bond motifs is 1. The van der Waals surface area contributed by atoms with Gasteiger partial charge in [0.15, 0.2) is 12.6 Å². The Morgan fingerprint density at radius 1 is 1.05 bits per heavy atom. The van der Waals surface area contributed by atoms with Crippen LogP contribution in [0.5, 0.6) is 0 Å². The molecule has 0 N–H and O–H groups in total. The van der Waals surface area contributed by atoms with E-state index < -0.39 is 0 Å². The normalized spacial score (nSPS) is 31.7. The summed E-state index contributed by atoms with van der Waals surface area (Å²) in [5.74, 6) is 0. The van der Waals surface area contributed by atoms with Crippen molar-refractivity contribution >= 4 is 0 Å². The van der Waals surface area contributed by atoms with Gasteiger partial charge in [0.2, 0.25) is 0 Å². The number of hydrogen-bond acceptors (Lipinski definition) is 4. The fourth-order valence-corrected chi connectivity index (χ4v) is 2.99. The van der Waals surface area contributed by atoms with E-state index in [1.807, 2.05) is 30.3 Å². The molecule has 2 aliphatic heterocycles. The van der Waals surface area contributed by atoms with Gasteiger partial charge in [0, 0.05) is 18.6 Å². The van der Waals surface area contributed by atoms with Gasteiger partial charge in [-0.3, -0.25) is 0 Å². The first-order valence-corrected chi connectivity index (χ1v) is 8.46. The van der Waals surface area contributed by atoms with Crippen molar-refractivity contribution in [2.45, 2.75) is 63.8 Å². The molecule has 22 heavy (non-hydrogen) atoms. The van der Waals surface area contributed by atoms with Gasteiger partial charge in [-0.2, -0.15) is 0 Å². The predicted octanol–water partition coefficient (Wildman–Crippen LogP) is 3.81. The van der Waals surface area contributed by atoms with Crippen LogP contribution < -0.4 is 0 Å². The summed E-state index contributed by atoms with van der Waals surface area (Å²) in [6.45, 7) is 3.55. The van der Waals surface area contributed by atoms with Crippen LogP contribution in [0.1, 0.15) is 50.9 Å². The molecule has 1 aromatic carbocycles. The Hall–Kier alpha value is -0.940. The monoisotopic (exact) mass is 306 g/mol. The van der Waals surface area contributed by atoms with Gasteiger partial charge in [0.25, 0.3) is 0 Å². The maximum atomic E-state index is 6.06. The van der Waals surface area contributed by atoms with E-state index in [9.17, 15) is 0 Å². The molecule has 4 nitrogen and oxygen atoms in total. The van der Waals surface area contributed by atoms with Crippen LogP contribution in [0, 0.1) is 0 Å². The first-order valence-electron chi connectivity index (χ1n) is 8.46. The molecule has 3 rings (SSSR count). The number of rotatable bonds is 6. The summed E-state index contributed by atoms with van der Waals surface area (Å²) in [6, 6.07) is 10.1. The number of unbranched alkanes of at least 4 members (excludes halogenated alkanes) is 2. The molecule has 122 valence electrons. The minimum atomic E-state index is -0.270. The topological polar surface area (TPSA) is 36.9 Å². The summed E-state index contributed by atoms with van der Waals surface area (Å²) in [5.41, 5.74) is 1.07. The Kier molecular flexibility index (Phi) is 5.84. The molecule has 2 aliphatic rings. The van der Waals surface area contributed by atoms with E-state index in [-0.39, 0.29) is 24.8 Å². The molecule has 0 aromatic heterocycles. The molecule has 0 aliphatic carbocycles. The summed E-state index contributed by atoms with van der Waals surface area (Å²) in [4.78, 5) is 0. The van der Waals surface area contributed by atoms with Crippen molar-refractivity contribution in [2.24, 2.45) is 0 Å². The Bertz CT molecular complexity index is 436. The number of ether oxygens (including phenoxy) is 4. The SMILES string of the molecule is CCCCCO[C@H]1CC[C@@H]2OC(c3ccccc3)OC[C@H]2O1. The molecule has 0 saturated carbocycles. The van der Waals surface area contributed by atoms with Crippen LogP contribution in [0.2, 0.25) is 0 Å². The Balaban J connectivity index is 1.46. The minimum Gasteiger partial charge on any atom is -0.353 e. The van der Waals surface area contributed by atoms with Crippen LogP contribution in [-0.4, -0.2) is 31.7 Å². The highest BCUT2D eigenvalue weighted by Crippen LogP contribution is 2.33. The zero-order chi connectivity index (χ0) is 15.2. The molecule has 0 radical (unpaired) electrons. The Labute approximate surface area is 132 Å². The second-order valence-corrected chi connectivity index (χ2v) is 6.01. The fourth-order valence-electron chi connectivity index (χ4n) is 2.99. The summed E-state index contributed by atoms with van der Waals surface area (Å²) >= 11 is 0. The summed E-state index contributed by atoms with van der Waals surface area (Å²) in [5, 5.41) is 0. The maximum absolute atomic E-state index is 6.06. The lowest BCUT2D eigenvalue weighted by molar-refractivity contribution is -0.316. The smallest absolute Gasteiger partial charge is 0.184 e. The molecule has 4 heteroatoms. The third-order valence-electron chi connectivity index (χ3n) is 4.26. The molecular weight excluding hydrogens is 280 g/mol. The standard InChI is InChI=1S/C18H26O4/c1-2-3-7-12-19-17-11-10-15-16(21-17)13-20-18(22-15)14-8-5-4-6-9-14/h4-6,8-9,15-18H,2-3,7,10-13H2,1H3/t15-,16+,17+,18?/m0/s1. The second-order valence-electron chi connectivity index (χ2n) is 6.01. The third-order valence-corrected chi connectivity index (χ3v) is 4.26. The first-order chi connectivity index (χ1) is 10.9. The van der Waals surface area contributed by atoms with Gasteiger partial charge in [-0.15, -0.1) is 0 Å². The predicted molar refractivity (Wildman–Crippen MR) is 83.4 cm³/mol. The van der Waals surface area contributed by atoms with Crippen LogP contribution in [0.25, 0.3) is 0 Å². The van der Waals surface area contributed by atoms with E-state index in [0.29, 0.717) is 6.61 Å². The molecule has 0 amide bonds. The summed E-state index contributed by atoms with van der Waals surface area (Å²) in [6.07, 6.45) is 5.12. The first kappa shape index (κ1) is 15.9. The lowest BCUT2D eigenvalue weighted by Crippen LogP contribution is -2.48. The van der Waals surface area contributed by atoms with Crippen molar-refractivity contribution in [3.63, 3.8) is 0 Å². The average molecular weight is 306 g/mol. The van der Waals surface area contributed by atoms with Crippen LogP contribution in [0.3, 0.4) is 0 Å². The van der Waals surface area contributed by atoms with Crippen LogP contribution in [0.4, 0.5) is 0 Å². The molecule has 2 heterocycles. The summed E-state index contributed by atoms with van der Waals surface area (Å²) in [7, 11) is 0. The summed E-state index contributed by atoms with van der Waals surface area (Å²) < 4.78 is 23.7. The molecule has 4 atom stereocenters. The van der Waals surface area contributed by atoms with Gasteiger partial charge in [-0.05, 0) is 12.8 Å². The van der Waals surface area contributed by atoms with Crippen molar-refractivity contribution in [3.05, 3.63) is 35.9 Å². The molecule has 1 aromatic rings. The van der Waals surface area contributed by atoms with Crippen molar-refractivity contribution in [1.29, 1.82) is 0 Å². The average Bonchev–Trinajstić information content (AvgIpc) is 2.59. The van der Waals surface area contributed by atoms with E-state index in [2.05, 4.69) is 6.92 Å². The van der Waals surface area contributed by atoms with Gasteiger partial charge in [-0.1, -0.05) is 50.1 Å². The molecule has 0 spiro atoms. The van der Waals surface area contributed by atoms with Crippen molar-refractivity contribution in [1.82, 2.24) is 0 Å². The van der Waals surface area contributed by atoms with E-state index >= 15 is 0 Å². The molecule has 1 unspecified atom stereocenters. The van der Waals surface area contributed by atoms with Gasteiger partial charge in [0.1, 0.15) is 6.10 Å². The van der Waals surface area contributed by atoms with E-state index in [1.165, 1.54) is 12.8 Å². The van der Waals surface area contributed by atoms with Gasteiger partial charge >= 0.3 is 0 Å². The highest BCUT2D eigenvalue weighted by Gasteiger charge is 2.38. The maximum Gasteiger partial charge on any atom is 0.184 e. The van der Waals surface area contributed by atoms with Crippen molar-refractivity contribution in [3.8, 4) is 0 Å². The fraction of sp³-hybridized carbons (Fsp3) is 0.667. The highest BCUT2D eigenvalue weighted by atomic mass is 16.7. The van der Waals surface area contributed by atoms with Gasteiger partial charge in [0.05, 0.1) is 12.7 Å². The second kappa shape index (κ2) is 8.06. The Morgan fingerprint density at radius 3 is 2.73 bits per heavy atom. The molecule has 2 fully saturated rings. The largest absolute Gasteiger partial charge is 0.353 e. The molecular formula is C18H26O4. The van der Waals surface area contributed by atoms with Crippen LogP contribution in [0.15, 0.2) is 30.3 Å². The van der Waals surface area contributed by atoms with Crippen LogP contribution >= 0.6 is 0 Å². The molecule has 0 bridgehead atoms. The van der Waals surface area contributed by atoms with Crippen LogP contribution in [-0.2, 0) is 18.9 Å². The lowest BCUT2D eigenvalue weighted by Gasteiger charge is -2.41. The van der Waals surface area contributed by atoms with Crippen molar-refractivity contribution in [2.75, 3.05) is 13.2 Å². The van der Waals surface area contributed by atoms with E-state index in [0.717, 1.165) is 31.4 Å². The third kappa shape index (κ3) is 4.07. The van der Waals surface area contributed by atoms with Crippen molar-refractivity contribution < 1.29 is 18.9 Å². The highest BCUT2D eigenvalue weighted by molar-refractivity contribution is 5.16. The molecule has 2 saturated heterocycles. The zero-order valence-corrected chi connectivity index (χ0v) is 13.3. The van der Waals surface area contributed by atoms with E-state index in [1.54, 1.807) is 0 Å². The number of hydrogen-bond donors (Lipinski definition) is 0. The lowest BCUT2D eigenvalue weighted by atomic mass is 10.0.